The molecule has 2 N–H and O–H groups in total. The van der Waals surface area contributed by atoms with Crippen LogP contribution in [0.2, 0.25) is 0 Å². The van der Waals surface area contributed by atoms with Crippen LogP contribution in [0.15, 0.2) is 23.2 Å². The molecule has 1 aliphatic carbocycles. The second-order valence-corrected chi connectivity index (χ2v) is 7.52. The normalized spacial score (nSPS) is 22.4. The monoisotopic (exact) mass is 378 g/mol. The van der Waals surface area contributed by atoms with Crippen LogP contribution in [0.4, 0.5) is 4.39 Å². The zero-order valence-electron chi connectivity index (χ0n) is 16.5. The summed E-state index contributed by atoms with van der Waals surface area (Å²) in [5.74, 6) is 1.29. The van der Waals surface area contributed by atoms with Crippen LogP contribution in [0.1, 0.15) is 31.4 Å². The predicted octanol–water partition coefficient (Wildman–Crippen LogP) is 2.17. The largest absolute Gasteiger partial charge is 0.490 e. The molecule has 2 unspecified atom stereocenters. The summed E-state index contributed by atoms with van der Waals surface area (Å²) in [5.41, 5.74) is 0.850. The fourth-order valence-corrected chi connectivity index (χ4v) is 3.08. The molecule has 0 radical (unpaired) electrons. The summed E-state index contributed by atoms with van der Waals surface area (Å²) in [6.45, 7) is 5.88. The van der Waals surface area contributed by atoms with Gasteiger partial charge in [-0.05, 0) is 50.4 Å². The van der Waals surface area contributed by atoms with Crippen LogP contribution in [0.3, 0.4) is 0 Å². The van der Waals surface area contributed by atoms with E-state index in [-0.39, 0.29) is 18.0 Å². The number of halogens is 1. The third-order valence-corrected chi connectivity index (χ3v) is 5.04. The van der Waals surface area contributed by atoms with Gasteiger partial charge in [0.2, 0.25) is 0 Å². The number of guanidine groups is 1. The molecule has 6 nitrogen and oxygen atoms in total. The standard InChI is InChI=1S/C20H31FN4O2/c1-14(16-6-7-19(18(21)10-16)27-13-15-4-5-15)24-20(22-2)23-11-17-12-25(3)8-9-26-17/h6-7,10,14-15,17H,4-5,8-9,11-13H2,1-3H3,(H2,22,23,24). The minimum Gasteiger partial charge on any atom is -0.490 e. The van der Waals surface area contributed by atoms with Gasteiger partial charge in [-0.15, -0.1) is 0 Å². The molecule has 0 aromatic heterocycles. The molecule has 2 fully saturated rings. The summed E-state index contributed by atoms with van der Waals surface area (Å²) in [4.78, 5) is 6.51. The quantitative estimate of drug-likeness (QED) is 0.563. The zero-order chi connectivity index (χ0) is 19.2. The van der Waals surface area contributed by atoms with Gasteiger partial charge >= 0.3 is 0 Å². The first-order valence-corrected chi connectivity index (χ1v) is 9.74. The Balaban J connectivity index is 1.49. The first-order valence-electron chi connectivity index (χ1n) is 9.74. The van der Waals surface area contributed by atoms with Crippen molar-refractivity contribution in [2.75, 3.05) is 46.9 Å². The van der Waals surface area contributed by atoms with Gasteiger partial charge in [-0.1, -0.05) is 6.07 Å². The maximum Gasteiger partial charge on any atom is 0.191 e. The highest BCUT2D eigenvalue weighted by Crippen LogP contribution is 2.30. The van der Waals surface area contributed by atoms with Crippen LogP contribution < -0.4 is 15.4 Å². The Kier molecular flexibility index (Phi) is 6.90. The highest BCUT2D eigenvalue weighted by molar-refractivity contribution is 5.80. The van der Waals surface area contributed by atoms with Gasteiger partial charge in [0, 0.05) is 26.7 Å². The lowest BCUT2D eigenvalue weighted by Gasteiger charge is -2.30. The van der Waals surface area contributed by atoms with Crippen molar-refractivity contribution in [3.05, 3.63) is 29.6 Å². The highest BCUT2D eigenvalue weighted by Gasteiger charge is 2.23. The molecular weight excluding hydrogens is 347 g/mol. The van der Waals surface area contributed by atoms with E-state index in [1.165, 1.54) is 18.9 Å². The second-order valence-electron chi connectivity index (χ2n) is 7.52. The number of aliphatic imine (C=N–C) groups is 1. The van der Waals surface area contributed by atoms with E-state index in [1.807, 2.05) is 13.0 Å². The number of morpholine rings is 1. The molecule has 0 bridgehead atoms. The number of benzene rings is 1. The van der Waals surface area contributed by atoms with Gasteiger partial charge in [-0.25, -0.2) is 4.39 Å². The van der Waals surface area contributed by atoms with E-state index >= 15 is 0 Å². The number of rotatable bonds is 7. The van der Waals surface area contributed by atoms with E-state index in [2.05, 4.69) is 27.6 Å². The van der Waals surface area contributed by atoms with Crippen LogP contribution in [0.25, 0.3) is 0 Å². The van der Waals surface area contributed by atoms with Crippen LogP contribution in [-0.4, -0.2) is 63.9 Å². The fraction of sp³-hybridized carbons (Fsp3) is 0.650. The summed E-state index contributed by atoms with van der Waals surface area (Å²) >= 11 is 0. The minimum absolute atomic E-state index is 0.0851. The molecule has 2 atom stereocenters. The Morgan fingerprint density at radius 1 is 1.44 bits per heavy atom. The second kappa shape index (κ2) is 9.37. The Hall–Kier alpha value is -1.86. The van der Waals surface area contributed by atoms with Gasteiger partial charge in [0.15, 0.2) is 17.5 Å². The number of hydrogen-bond acceptors (Lipinski definition) is 4. The van der Waals surface area contributed by atoms with Crippen molar-refractivity contribution in [3.8, 4) is 5.75 Å². The molecule has 1 saturated carbocycles. The lowest BCUT2D eigenvalue weighted by Crippen LogP contribution is -2.48. The topological polar surface area (TPSA) is 58.1 Å². The number of likely N-dealkylation sites (N-methyl/N-ethyl adjacent to an activating group) is 1. The van der Waals surface area contributed by atoms with Gasteiger partial charge in [-0.2, -0.15) is 0 Å². The smallest absolute Gasteiger partial charge is 0.191 e. The van der Waals surface area contributed by atoms with Crippen molar-refractivity contribution in [3.63, 3.8) is 0 Å². The van der Waals surface area contributed by atoms with Gasteiger partial charge in [-0.3, -0.25) is 4.99 Å². The molecule has 1 aliphatic heterocycles. The van der Waals surface area contributed by atoms with Crippen LogP contribution in [0, 0.1) is 11.7 Å². The summed E-state index contributed by atoms with van der Waals surface area (Å²) in [6, 6.07) is 5.06. The first kappa shape index (κ1) is 19.9. The third kappa shape index (κ3) is 6.07. The van der Waals surface area contributed by atoms with E-state index < -0.39 is 0 Å². The van der Waals surface area contributed by atoms with Crippen LogP contribution in [0.5, 0.6) is 5.75 Å². The van der Waals surface area contributed by atoms with E-state index in [1.54, 1.807) is 13.1 Å². The van der Waals surface area contributed by atoms with E-state index in [0.717, 1.165) is 25.3 Å². The average Bonchev–Trinajstić information content (AvgIpc) is 3.48. The van der Waals surface area contributed by atoms with Crippen molar-refractivity contribution < 1.29 is 13.9 Å². The van der Waals surface area contributed by atoms with Crippen molar-refractivity contribution in [2.24, 2.45) is 10.9 Å². The highest BCUT2D eigenvalue weighted by atomic mass is 19.1. The van der Waals surface area contributed by atoms with Crippen molar-refractivity contribution >= 4 is 5.96 Å². The van der Waals surface area contributed by atoms with E-state index in [4.69, 9.17) is 9.47 Å². The van der Waals surface area contributed by atoms with Gasteiger partial charge in [0.25, 0.3) is 0 Å². The van der Waals surface area contributed by atoms with Crippen molar-refractivity contribution in [2.45, 2.75) is 31.9 Å². The molecule has 150 valence electrons. The number of nitrogens with zero attached hydrogens (tertiary/aromatic N) is 2. The van der Waals surface area contributed by atoms with Gasteiger partial charge in [0.1, 0.15) is 0 Å². The van der Waals surface area contributed by atoms with Gasteiger partial charge < -0.3 is 25.0 Å². The molecule has 0 amide bonds. The maximum atomic E-state index is 14.3. The molecule has 1 heterocycles. The summed E-state index contributed by atoms with van der Waals surface area (Å²) in [6.07, 6.45) is 2.52. The molecule has 2 aliphatic rings. The van der Waals surface area contributed by atoms with Crippen LogP contribution >= 0.6 is 0 Å². The van der Waals surface area contributed by atoms with Crippen molar-refractivity contribution in [1.29, 1.82) is 0 Å². The average molecular weight is 378 g/mol. The van der Waals surface area contributed by atoms with E-state index in [9.17, 15) is 4.39 Å². The molecule has 7 heteroatoms. The predicted molar refractivity (Wildman–Crippen MR) is 105 cm³/mol. The summed E-state index contributed by atoms with van der Waals surface area (Å²) in [5, 5.41) is 6.60. The Morgan fingerprint density at radius 2 is 2.26 bits per heavy atom. The number of ether oxygens (including phenoxy) is 2. The lowest BCUT2D eigenvalue weighted by molar-refractivity contribution is -0.0161. The summed E-state index contributed by atoms with van der Waals surface area (Å²) in [7, 11) is 3.82. The lowest BCUT2D eigenvalue weighted by atomic mass is 10.1. The Labute approximate surface area is 161 Å². The maximum absolute atomic E-state index is 14.3. The molecule has 1 aromatic rings. The SMILES string of the molecule is CN=C(NCC1CN(C)CCO1)NC(C)c1ccc(OCC2CC2)c(F)c1. The molecule has 3 rings (SSSR count). The fourth-order valence-electron chi connectivity index (χ4n) is 3.08. The molecule has 1 saturated heterocycles. The summed E-state index contributed by atoms with van der Waals surface area (Å²) < 4.78 is 25.6. The third-order valence-electron chi connectivity index (χ3n) is 5.04. The number of hydrogen-bond donors (Lipinski definition) is 2. The number of nitrogens with one attached hydrogen (secondary N) is 2. The molecule has 1 aromatic carbocycles. The molecule has 0 spiro atoms. The Bertz CT molecular complexity index is 651. The van der Waals surface area contributed by atoms with Crippen LogP contribution in [-0.2, 0) is 4.74 Å². The molecular formula is C20H31FN4O2. The first-order chi connectivity index (χ1) is 13.0. The van der Waals surface area contributed by atoms with Gasteiger partial charge in [0.05, 0.1) is 25.4 Å². The Morgan fingerprint density at radius 3 is 2.93 bits per heavy atom. The molecule has 27 heavy (non-hydrogen) atoms. The van der Waals surface area contributed by atoms with Crippen molar-refractivity contribution in [1.82, 2.24) is 15.5 Å². The zero-order valence-corrected chi connectivity index (χ0v) is 16.5. The minimum atomic E-state index is -0.316. The van der Waals surface area contributed by atoms with E-state index in [0.29, 0.717) is 30.8 Å².